The lowest BCUT2D eigenvalue weighted by Gasteiger charge is -2.56. The first-order valence-corrected chi connectivity index (χ1v) is 8.61. The van der Waals surface area contributed by atoms with Gasteiger partial charge in [0.25, 0.3) is 0 Å². The van der Waals surface area contributed by atoms with Gasteiger partial charge in [-0.25, -0.2) is 9.97 Å². The van der Waals surface area contributed by atoms with Crippen molar-refractivity contribution in [3.8, 4) is 0 Å². The molecule has 2 N–H and O–H groups in total. The lowest BCUT2D eigenvalue weighted by Crippen LogP contribution is -2.49. The standard InChI is InChI=1S/C18H27N3/c1-10(2)15-11(3)20-17(21-16(15)19)18-7-12-4-13(8-18)6-14(5-12)9-18/h10,12-14H,4-9H2,1-3H3,(H2,19,20,21). The molecular formula is C18H27N3. The van der Waals surface area contributed by atoms with E-state index in [1.165, 1.54) is 38.5 Å². The van der Waals surface area contributed by atoms with Crippen LogP contribution in [-0.4, -0.2) is 9.97 Å². The van der Waals surface area contributed by atoms with Gasteiger partial charge in [-0.05, 0) is 69.1 Å². The maximum absolute atomic E-state index is 6.29. The fraction of sp³-hybridized carbons (Fsp3) is 0.778. The Labute approximate surface area is 127 Å². The fourth-order valence-corrected chi connectivity index (χ4v) is 5.94. The minimum absolute atomic E-state index is 0.253. The van der Waals surface area contributed by atoms with Gasteiger partial charge in [0.05, 0.1) is 0 Å². The molecule has 0 aromatic carbocycles. The molecule has 0 atom stereocenters. The first-order valence-electron chi connectivity index (χ1n) is 8.61. The number of aryl methyl sites for hydroxylation is 1. The molecule has 5 rings (SSSR count). The Morgan fingerprint density at radius 2 is 1.52 bits per heavy atom. The van der Waals surface area contributed by atoms with Crippen LogP contribution in [0.15, 0.2) is 0 Å². The second kappa shape index (κ2) is 4.44. The maximum atomic E-state index is 6.29. The number of hydrogen-bond acceptors (Lipinski definition) is 3. The summed E-state index contributed by atoms with van der Waals surface area (Å²) in [6, 6.07) is 0. The molecule has 0 aliphatic heterocycles. The molecular weight excluding hydrogens is 258 g/mol. The number of anilines is 1. The zero-order valence-corrected chi connectivity index (χ0v) is 13.5. The Morgan fingerprint density at radius 3 is 1.95 bits per heavy atom. The van der Waals surface area contributed by atoms with Gasteiger partial charge in [0.1, 0.15) is 11.6 Å². The SMILES string of the molecule is Cc1nc(C23CC4CC(CC(C4)C2)C3)nc(N)c1C(C)C. The minimum atomic E-state index is 0.253. The summed E-state index contributed by atoms with van der Waals surface area (Å²) < 4.78 is 0. The van der Waals surface area contributed by atoms with Crippen molar-refractivity contribution in [2.75, 3.05) is 5.73 Å². The molecule has 0 amide bonds. The average molecular weight is 285 g/mol. The lowest BCUT2D eigenvalue weighted by atomic mass is 9.49. The van der Waals surface area contributed by atoms with Gasteiger partial charge in [0, 0.05) is 16.7 Å². The van der Waals surface area contributed by atoms with Crippen molar-refractivity contribution in [1.82, 2.24) is 9.97 Å². The van der Waals surface area contributed by atoms with Crippen LogP contribution in [0.25, 0.3) is 0 Å². The summed E-state index contributed by atoms with van der Waals surface area (Å²) in [4.78, 5) is 9.77. The van der Waals surface area contributed by atoms with Crippen molar-refractivity contribution in [2.24, 2.45) is 17.8 Å². The highest BCUT2D eigenvalue weighted by Crippen LogP contribution is 2.60. The molecule has 0 spiro atoms. The highest BCUT2D eigenvalue weighted by atomic mass is 15.0. The molecule has 1 heterocycles. The molecule has 4 fully saturated rings. The van der Waals surface area contributed by atoms with Crippen molar-refractivity contribution in [1.29, 1.82) is 0 Å². The van der Waals surface area contributed by atoms with E-state index in [0.717, 1.165) is 40.7 Å². The average Bonchev–Trinajstić information content (AvgIpc) is 2.35. The van der Waals surface area contributed by atoms with E-state index < -0.39 is 0 Å². The van der Waals surface area contributed by atoms with Crippen molar-refractivity contribution >= 4 is 5.82 Å². The van der Waals surface area contributed by atoms with Crippen molar-refractivity contribution in [2.45, 2.75) is 70.6 Å². The molecule has 114 valence electrons. The Kier molecular flexibility index (Phi) is 2.86. The molecule has 4 aliphatic carbocycles. The third-order valence-corrected chi connectivity index (χ3v) is 6.26. The summed E-state index contributed by atoms with van der Waals surface area (Å²) in [6.07, 6.45) is 8.28. The van der Waals surface area contributed by atoms with Crippen LogP contribution in [0.4, 0.5) is 5.82 Å². The topological polar surface area (TPSA) is 51.8 Å². The van der Waals surface area contributed by atoms with Crippen LogP contribution >= 0.6 is 0 Å². The van der Waals surface area contributed by atoms with Gasteiger partial charge >= 0.3 is 0 Å². The van der Waals surface area contributed by atoms with Crippen LogP contribution in [0.5, 0.6) is 0 Å². The summed E-state index contributed by atoms with van der Waals surface area (Å²) in [5, 5.41) is 0. The third kappa shape index (κ3) is 2.00. The summed E-state index contributed by atoms with van der Waals surface area (Å²) in [7, 11) is 0. The summed E-state index contributed by atoms with van der Waals surface area (Å²) in [5.41, 5.74) is 8.79. The second-order valence-corrected chi connectivity index (χ2v) is 8.28. The first-order chi connectivity index (χ1) is 9.97. The number of nitrogens with zero attached hydrogens (tertiary/aromatic N) is 2. The lowest BCUT2D eigenvalue weighted by molar-refractivity contribution is -0.00942. The van der Waals surface area contributed by atoms with Gasteiger partial charge in [-0.2, -0.15) is 0 Å². The molecule has 4 saturated carbocycles. The van der Waals surface area contributed by atoms with E-state index in [1.807, 2.05) is 0 Å². The zero-order valence-electron chi connectivity index (χ0n) is 13.5. The van der Waals surface area contributed by atoms with E-state index in [2.05, 4.69) is 20.8 Å². The van der Waals surface area contributed by atoms with Crippen LogP contribution < -0.4 is 5.73 Å². The molecule has 21 heavy (non-hydrogen) atoms. The van der Waals surface area contributed by atoms with Crippen molar-refractivity contribution < 1.29 is 0 Å². The first kappa shape index (κ1) is 13.5. The van der Waals surface area contributed by atoms with Gasteiger partial charge < -0.3 is 5.73 Å². The van der Waals surface area contributed by atoms with E-state index in [4.69, 9.17) is 15.7 Å². The number of rotatable bonds is 2. The molecule has 4 aliphatic rings. The molecule has 3 nitrogen and oxygen atoms in total. The Morgan fingerprint density at radius 1 is 1.00 bits per heavy atom. The van der Waals surface area contributed by atoms with E-state index >= 15 is 0 Å². The van der Waals surface area contributed by atoms with Crippen LogP contribution in [0, 0.1) is 24.7 Å². The van der Waals surface area contributed by atoms with Crippen LogP contribution in [-0.2, 0) is 5.41 Å². The predicted molar refractivity (Wildman–Crippen MR) is 85.1 cm³/mol. The Hall–Kier alpha value is -1.12. The van der Waals surface area contributed by atoms with Crippen LogP contribution in [0.1, 0.15) is 75.4 Å². The smallest absolute Gasteiger partial charge is 0.137 e. The fourth-order valence-electron chi connectivity index (χ4n) is 5.94. The van der Waals surface area contributed by atoms with Gasteiger partial charge in [0.15, 0.2) is 0 Å². The summed E-state index contributed by atoms with van der Waals surface area (Å²) in [5.74, 6) is 4.96. The van der Waals surface area contributed by atoms with Gasteiger partial charge in [0.2, 0.25) is 0 Å². The highest BCUT2D eigenvalue weighted by molar-refractivity contribution is 5.45. The Balaban J connectivity index is 1.77. The number of aromatic nitrogens is 2. The highest BCUT2D eigenvalue weighted by Gasteiger charge is 2.53. The predicted octanol–water partition coefficient (Wildman–Crippen LogP) is 3.96. The van der Waals surface area contributed by atoms with Crippen LogP contribution in [0.3, 0.4) is 0 Å². The third-order valence-electron chi connectivity index (χ3n) is 6.26. The van der Waals surface area contributed by atoms with Gasteiger partial charge in [-0.3, -0.25) is 0 Å². The Bertz CT molecular complexity index is 518. The van der Waals surface area contributed by atoms with Gasteiger partial charge in [-0.15, -0.1) is 0 Å². The van der Waals surface area contributed by atoms with E-state index in [-0.39, 0.29) is 5.41 Å². The molecule has 0 radical (unpaired) electrons. The normalized spacial score (nSPS) is 37.4. The van der Waals surface area contributed by atoms with Crippen molar-refractivity contribution in [3.63, 3.8) is 0 Å². The molecule has 0 saturated heterocycles. The maximum Gasteiger partial charge on any atom is 0.137 e. The molecule has 1 aromatic rings. The molecule has 0 unspecified atom stereocenters. The second-order valence-electron chi connectivity index (χ2n) is 8.28. The monoisotopic (exact) mass is 285 g/mol. The van der Waals surface area contributed by atoms with E-state index in [9.17, 15) is 0 Å². The number of nitrogen functional groups attached to an aromatic ring is 1. The van der Waals surface area contributed by atoms with Crippen LogP contribution in [0.2, 0.25) is 0 Å². The number of nitrogens with two attached hydrogens (primary N) is 1. The number of hydrogen-bond donors (Lipinski definition) is 1. The van der Waals surface area contributed by atoms with Crippen molar-refractivity contribution in [3.05, 3.63) is 17.1 Å². The minimum Gasteiger partial charge on any atom is -0.383 e. The summed E-state index contributed by atoms with van der Waals surface area (Å²) >= 11 is 0. The molecule has 4 bridgehead atoms. The van der Waals surface area contributed by atoms with E-state index in [1.54, 1.807) is 0 Å². The largest absolute Gasteiger partial charge is 0.383 e. The van der Waals surface area contributed by atoms with E-state index in [0.29, 0.717) is 5.92 Å². The summed E-state index contributed by atoms with van der Waals surface area (Å²) in [6.45, 7) is 6.45. The molecule has 1 aromatic heterocycles. The molecule has 3 heteroatoms. The zero-order chi connectivity index (χ0) is 14.8. The van der Waals surface area contributed by atoms with Gasteiger partial charge in [-0.1, -0.05) is 13.8 Å². The quantitative estimate of drug-likeness (QED) is 0.895.